The van der Waals surface area contributed by atoms with Crippen LogP contribution < -0.4 is 4.90 Å². The lowest BCUT2D eigenvalue weighted by molar-refractivity contribution is 0.0189. The Balaban J connectivity index is 1.65. The minimum absolute atomic E-state index is 0.0567. The van der Waals surface area contributed by atoms with E-state index in [2.05, 4.69) is 53.2 Å². The van der Waals surface area contributed by atoms with Crippen molar-refractivity contribution >= 4 is 11.8 Å². The van der Waals surface area contributed by atoms with Crippen LogP contribution in [0.5, 0.6) is 0 Å². The molecule has 1 aromatic heterocycles. The Kier molecular flexibility index (Phi) is 6.13. The monoisotopic (exact) mass is 434 g/mol. The lowest BCUT2D eigenvalue weighted by atomic mass is 9.68. The number of amides is 2. The molecule has 1 spiro atoms. The third-order valence-electron chi connectivity index (χ3n) is 7.20. The SMILES string of the molecule is COCCN1C(=O)N(c2ccnc(C#N)n2)C[C@]12CC[C@](c1ccccc1)(N(C)C)CC2. The van der Waals surface area contributed by atoms with Crippen LogP contribution in [-0.2, 0) is 10.3 Å². The molecule has 0 radical (unpaired) electrons. The Labute approximate surface area is 189 Å². The number of benzene rings is 1. The van der Waals surface area contributed by atoms with Crippen molar-refractivity contribution in [1.82, 2.24) is 19.8 Å². The van der Waals surface area contributed by atoms with Gasteiger partial charge in [-0.1, -0.05) is 30.3 Å². The van der Waals surface area contributed by atoms with Gasteiger partial charge in [0.2, 0.25) is 5.82 Å². The van der Waals surface area contributed by atoms with Crippen LogP contribution in [0.4, 0.5) is 10.6 Å². The van der Waals surface area contributed by atoms with Gasteiger partial charge in [-0.3, -0.25) is 9.80 Å². The zero-order chi connectivity index (χ0) is 22.8. The maximum Gasteiger partial charge on any atom is 0.326 e. The Morgan fingerprint density at radius 1 is 1.16 bits per heavy atom. The van der Waals surface area contributed by atoms with Gasteiger partial charge in [-0.05, 0) is 51.4 Å². The number of nitrogens with zero attached hydrogens (tertiary/aromatic N) is 6. The second kappa shape index (κ2) is 8.85. The van der Waals surface area contributed by atoms with E-state index < -0.39 is 0 Å². The van der Waals surface area contributed by atoms with E-state index >= 15 is 0 Å². The van der Waals surface area contributed by atoms with E-state index in [0.29, 0.717) is 25.5 Å². The lowest BCUT2D eigenvalue weighted by Gasteiger charge is -2.51. The van der Waals surface area contributed by atoms with Gasteiger partial charge in [-0.15, -0.1) is 0 Å². The molecule has 1 aliphatic carbocycles. The Hall–Kier alpha value is -3.02. The summed E-state index contributed by atoms with van der Waals surface area (Å²) in [6.45, 7) is 1.56. The van der Waals surface area contributed by atoms with Crippen molar-refractivity contribution in [3.8, 4) is 6.07 Å². The second-order valence-electron chi connectivity index (χ2n) is 8.88. The number of hydrogen-bond acceptors (Lipinski definition) is 6. The predicted molar refractivity (Wildman–Crippen MR) is 121 cm³/mol. The standard InChI is InChI=1S/C24H30N6O2/c1-28(2)24(19-7-5-4-6-8-19)12-10-23(11-13-24)18-29(22(31)30(23)15-16-32-3)21-9-14-26-20(17-25)27-21/h4-9,14H,10-13,15-16,18H2,1-3H3/t23-,24+. The summed E-state index contributed by atoms with van der Waals surface area (Å²) < 4.78 is 5.32. The fourth-order valence-electron chi connectivity index (χ4n) is 5.34. The average Bonchev–Trinajstić information content (AvgIpc) is 3.09. The van der Waals surface area contributed by atoms with Crippen LogP contribution in [-0.4, -0.2) is 72.2 Å². The van der Waals surface area contributed by atoms with E-state index in [4.69, 9.17) is 4.74 Å². The molecule has 0 atom stereocenters. The van der Waals surface area contributed by atoms with Gasteiger partial charge < -0.3 is 9.64 Å². The highest BCUT2D eigenvalue weighted by atomic mass is 16.5. The van der Waals surface area contributed by atoms with E-state index in [1.54, 1.807) is 18.1 Å². The van der Waals surface area contributed by atoms with Gasteiger partial charge in [0.15, 0.2) is 0 Å². The van der Waals surface area contributed by atoms with Gasteiger partial charge in [-0.2, -0.15) is 5.26 Å². The van der Waals surface area contributed by atoms with Gasteiger partial charge in [0.25, 0.3) is 0 Å². The van der Waals surface area contributed by atoms with Crippen molar-refractivity contribution in [3.05, 3.63) is 54.0 Å². The molecule has 1 aromatic carbocycles. The normalized spacial score (nSPS) is 25.5. The topological polar surface area (TPSA) is 85.6 Å². The van der Waals surface area contributed by atoms with Crippen molar-refractivity contribution in [2.75, 3.05) is 45.8 Å². The van der Waals surface area contributed by atoms with E-state index in [1.807, 2.05) is 17.0 Å². The molecule has 4 rings (SSSR count). The zero-order valence-corrected chi connectivity index (χ0v) is 19.0. The molecule has 1 saturated heterocycles. The van der Waals surface area contributed by atoms with Gasteiger partial charge >= 0.3 is 6.03 Å². The van der Waals surface area contributed by atoms with E-state index in [9.17, 15) is 10.1 Å². The fraction of sp³-hybridized carbons (Fsp3) is 0.500. The molecule has 2 aromatic rings. The van der Waals surface area contributed by atoms with E-state index in [-0.39, 0.29) is 22.9 Å². The number of nitriles is 1. The Morgan fingerprint density at radius 3 is 2.50 bits per heavy atom. The predicted octanol–water partition coefficient (Wildman–Crippen LogP) is 3.01. The minimum atomic E-state index is -0.290. The maximum atomic E-state index is 13.5. The lowest BCUT2D eigenvalue weighted by Crippen LogP contribution is -2.56. The molecule has 0 bridgehead atoms. The number of carbonyl (C=O) groups is 1. The molecule has 8 heteroatoms. The number of rotatable bonds is 6. The van der Waals surface area contributed by atoms with Crippen molar-refractivity contribution < 1.29 is 9.53 Å². The van der Waals surface area contributed by atoms with Crippen LogP contribution >= 0.6 is 0 Å². The molecule has 2 heterocycles. The van der Waals surface area contributed by atoms with Crippen LogP contribution in [0.1, 0.15) is 37.1 Å². The number of urea groups is 1. The summed E-state index contributed by atoms with van der Waals surface area (Å²) in [5, 5.41) is 9.19. The highest BCUT2D eigenvalue weighted by molar-refractivity contribution is 5.94. The molecule has 1 saturated carbocycles. The molecular weight excluding hydrogens is 404 g/mol. The van der Waals surface area contributed by atoms with Gasteiger partial charge in [0.1, 0.15) is 11.9 Å². The third kappa shape index (κ3) is 3.72. The summed E-state index contributed by atoms with van der Waals surface area (Å²) in [4.78, 5) is 27.7. The summed E-state index contributed by atoms with van der Waals surface area (Å²) in [7, 11) is 5.94. The maximum absolute atomic E-state index is 13.5. The molecular formula is C24H30N6O2. The van der Waals surface area contributed by atoms with Crippen LogP contribution in [0.25, 0.3) is 0 Å². The second-order valence-corrected chi connectivity index (χ2v) is 8.88. The number of ether oxygens (including phenoxy) is 1. The molecule has 0 unspecified atom stereocenters. The first-order chi connectivity index (χ1) is 15.5. The highest BCUT2D eigenvalue weighted by Crippen LogP contribution is 2.49. The number of anilines is 1. The number of carbonyl (C=O) groups excluding carboxylic acids is 1. The van der Waals surface area contributed by atoms with Crippen molar-refractivity contribution in [3.63, 3.8) is 0 Å². The largest absolute Gasteiger partial charge is 0.383 e. The number of hydrogen-bond donors (Lipinski definition) is 0. The zero-order valence-electron chi connectivity index (χ0n) is 19.0. The minimum Gasteiger partial charge on any atom is -0.383 e. The first kappa shape index (κ1) is 22.2. The Bertz CT molecular complexity index is 995. The quantitative estimate of drug-likeness (QED) is 0.695. The Morgan fingerprint density at radius 2 is 1.88 bits per heavy atom. The first-order valence-corrected chi connectivity index (χ1v) is 11.0. The number of methoxy groups -OCH3 is 1. The molecule has 0 N–H and O–H groups in total. The molecule has 2 aliphatic rings. The first-order valence-electron chi connectivity index (χ1n) is 11.0. The van der Waals surface area contributed by atoms with E-state index in [0.717, 1.165) is 25.7 Å². The summed E-state index contributed by atoms with van der Waals surface area (Å²) in [6, 6.07) is 14.2. The van der Waals surface area contributed by atoms with Gasteiger partial charge in [0.05, 0.1) is 18.7 Å². The fourth-order valence-corrected chi connectivity index (χ4v) is 5.34. The van der Waals surface area contributed by atoms with Gasteiger partial charge in [0, 0.05) is 25.4 Å². The third-order valence-corrected chi connectivity index (χ3v) is 7.20. The van der Waals surface area contributed by atoms with Crippen LogP contribution in [0.2, 0.25) is 0 Å². The molecule has 2 fully saturated rings. The van der Waals surface area contributed by atoms with Crippen molar-refractivity contribution in [1.29, 1.82) is 5.26 Å². The smallest absolute Gasteiger partial charge is 0.326 e. The van der Waals surface area contributed by atoms with Crippen molar-refractivity contribution in [2.24, 2.45) is 0 Å². The van der Waals surface area contributed by atoms with Crippen LogP contribution in [0, 0.1) is 11.3 Å². The summed E-state index contributed by atoms with van der Waals surface area (Å²) in [6.07, 6.45) is 5.18. The number of aromatic nitrogens is 2. The van der Waals surface area contributed by atoms with Gasteiger partial charge in [-0.25, -0.2) is 14.8 Å². The van der Waals surface area contributed by atoms with E-state index in [1.165, 1.54) is 11.8 Å². The molecule has 32 heavy (non-hydrogen) atoms. The highest BCUT2D eigenvalue weighted by Gasteiger charge is 2.54. The average molecular weight is 435 g/mol. The molecule has 1 aliphatic heterocycles. The summed E-state index contributed by atoms with van der Waals surface area (Å²) in [5.74, 6) is 0.549. The molecule has 168 valence electrons. The molecule has 8 nitrogen and oxygen atoms in total. The van der Waals surface area contributed by atoms with Crippen molar-refractivity contribution in [2.45, 2.75) is 36.8 Å². The molecule has 2 amide bonds. The van der Waals surface area contributed by atoms with Crippen LogP contribution in [0.3, 0.4) is 0 Å². The van der Waals surface area contributed by atoms with Crippen LogP contribution in [0.15, 0.2) is 42.6 Å². The summed E-state index contributed by atoms with van der Waals surface area (Å²) in [5.41, 5.74) is 0.972. The summed E-state index contributed by atoms with van der Waals surface area (Å²) >= 11 is 0.